The minimum absolute atomic E-state index is 0.000414. The Morgan fingerprint density at radius 2 is 0.622 bits per heavy atom. The van der Waals surface area contributed by atoms with Crippen LogP contribution in [-0.2, 0) is 44.6 Å². The van der Waals surface area contributed by atoms with Gasteiger partial charge in [-0.2, -0.15) is 0 Å². The van der Waals surface area contributed by atoms with Crippen LogP contribution in [0, 0.1) is 0 Å². The van der Waals surface area contributed by atoms with Crippen LogP contribution < -0.4 is 18.9 Å². The monoisotopic (exact) mass is 1010 g/mol. The van der Waals surface area contributed by atoms with E-state index in [1.165, 1.54) is 0 Å². The summed E-state index contributed by atoms with van der Waals surface area (Å²) in [7, 11) is 0. The summed E-state index contributed by atoms with van der Waals surface area (Å²) in [5, 5.41) is 46.0. The van der Waals surface area contributed by atoms with Gasteiger partial charge in [0, 0.05) is 49.2 Å². The van der Waals surface area contributed by atoms with E-state index in [1.54, 1.807) is 36.7 Å². The third-order valence-electron chi connectivity index (χ3n) is 13.5. The smallest absolute Gasteiger partial charge is 0.166 e. The van der Waals surface area contributed by atoms with Gasteiger partial charge in [-0.15, -0.1) is 0 Å². The van der Waals surface area contributed by atoms with Crippen LogP contribution >= 0.6 is 0 Å². The fourth-order valence-electron chi connectivity index (χ4n) is 9.67. The normalized spacial score (nSPS) is 18.9. The molecule has 0 saturated heterocycles. The van der Waals surface area contributed by atoms with Crippen molar-refractivity contribution in [3.8, 4) is 46.0 Å². The van der Waals surface area contributed by atoms with Crippen molar-refractivity contribution in [2.45, 2.75) is 63.5 Å². The number of benzene rings is 6. The summed E-state index contributed by atoms with van der Waals surface area (Å²) in [5.41, 5.74) is 7.69. The minimum Gasteiger partial charge on any atom is -0.507 e. The lowest BCUT2D eigenvalue weighted by molar-refractivity contribution is 0.0270. The molecule has 2 heterocycles. The zero-order valence-corrected chi connectivity index (χ0v) is 41.8. The van der Waals surface area contributed by atoms with Crippen LogP contribution in [0.5, 0.6) is 46.0 Å². The number of phenolic OH excluding ortho intramolecular Hbond substituents is 4. The van der Waals surface area contributed by atoms with Gasteiger partial charge in [-0.25, -0.2) is 0 Å². The molecule has 6 aromatic carbocycles. The van der Waals surface area contributed by atoms with E-state index in [2.05, 4.69) is 0 Å². The molecule has 388 valence electrons. The maximum Gasteiger partial charge on any atom is 0.166 e. The number of hydrogen-bond donors (Lipinski definition) is 4. The second-order valence-corrected chi connectivity index (χ2v) is 18.6. The largest absolute Gasteiger partial charge is 0.507 e. The quantitative estimate of drug-likeness (QED) is 0.106. The van der Waals surface area contributed by atoms with Crippen LogP contribution in [-0.4, -0.2) is 124 Å². The molecular formula is C60H66N2O12. The first kappa shape index (κ1) is 51.8. The van der Waals surface area contributed by atoms with Crippen LogP contribution in [0.15, 0.2) is 119 Å². The first-order valence-corrected chi connectivity index (χ1v) is 25.7. The highest BCUT2D eigenvalue weighted by molar-refractivity contribution is 5.86. The SMILES string of the molecule is Oc1c2cccc1Cc1cccc3c1OCCOCCOCCOc1cccc(c1O)C=NC1CCCCC1N=Cc1cccc(c1O)OCCOCCOCCOc1c(cccc1Cc1cccc(c1O)C3)C2. The second kappa shape index (κ2) is 26.2. The Morgan fingerprint density at radius 3 is 0.973 bits per heavy atom. The van der Waals surface area contributed by atoms with Crippen molar-refractivity contribution in [2.24, 2.45) is 9.98 Å². The number of para-hydroxylation sites is 6. The molecule has 0 radical (unpaired) electrons. The molecule has 2 aliphatic heterocycles. The van der Waals surface area contributed by atoms with Crippen LogP contribution in [0.1, 0.15) is 81.3 Å². The highest BCUT2D eigenvalue weighted by Crippen LogP contribution is 2.39. The number of fused-ring (bicyclic) bond motifs is 18. The average Bonchev–Trinajstić information content (AvgIpc) is 3.40. The standard InChI is InChI=1S/C60H66N2O12/c63-55-41-9-3-11-43(55)37-47-15-6-16-48-38-44-12-4-10-42(56(44)64)36-46-14-5-13-45(35-41)59(46)73-33-29-69-25-23-67-27-31-71-53-21-7-17-49(57(53)65)39-61-51-19-1-2-20-52(51)62-40-50-18-8-22-54(58(50)66)72-32-28-68-24-26-70-30-34-74-60(47)48/h3-18,21-22,39-40,51-52,63-66H,1-2,19-20,23-38H2. The molecule has 74 heavy (non-hydrogen) atoms. The van der Waals surface area contributed by atoms with Gasteiger partial charge in [-0.05, 0) is 81.6 Å². The Balaban J connectivity index is 0.921. The second-order valence-electron chi connectivity index (χ2n) is 18.6. The molecule has 6 aromatic rings. The summed E-state index contributed by atoms with van der Waals surface area (Å²) in [6.07, 6.45) is 8.76. The maximum absolute atomic E-state index is 11.9. The highest BCUT2D eigenvalue weighted by Gasteiger charge is 2.25. The number of rotatable bonds is 0. The van der Waals surface area contributed by atoms with Crippen molar-refractivity contribution in [2.75, 3.05) is 79.3 Å². The minimum atomic E-state index is -0.0965. The van der Waals surface area contributed by atoms with Gasteiger partial charge >= 0.3 is 0 Å². The number of hydrogen-bond acceptors (Lipinski definition) is 14. The zero-order valence-electron chi connectivity index (χ0n) is 41.8. The van der Waals surface area contributed by atoms with Gasteiger partial charge < -0.3 is 58.3 Å². The maximum atomic E-state index is 11.9. The van der Waals surface area contributed by atoms with Gasteiger partial charge in [-0.1, -0.05) is 97.8 Å². The van der Waals surface area contributed by atoms with E-state index < -0.39 is 0 Å². The van der Waals surface area contributed by atoms with E-state index in [-0.39, 0.29) is 74.7 Å². The van der Waals surface area contributed by atoms with Crippen LogP contribution in [0.2, 0.25) is 0 Å². The molecule has 2 aliphatic carbocycles. The van der Waals surface area contributed by atoms with Gasteiger partial charge in [0.1, 0.15) is 49.4 Å². The van der Waals surface area contributed by atoms with E-state index >= 15 is 0 Å². The molecule has 0 amide bonds. The number of aromatic hydroxyl groups is 4. The fourth-order valence-corrected chi connectivity index (χ4v) is 9.67. The number of ether oxygens (including phenoxy) is 8. The molecule has 4 aliphatic rings. The summed E-state index contributed by atoms with van der Waals surface area (Å²) in [6, 6.07) is 34.2. The highest BCUT2D eigenvalue weighted by atomic mass is 16.6. The Kier molecular flexibility index (Phi) is 18.3. The van der Waals surface area contributed by atoms with Gasteiger partial charge in [0.25, 0.3) is 0 Å². The van der Waals surface area contributed by atoms with Gasteiger partial charge in [0.15, 0.2) is 23.0 Å². The lowest BCUT2D eigenvalue weighted by atomic mass is 9.91. The van der Waals surface area contributed by atoms with Crippen molar-refractivity contribution in [1.82, 2.24) is 0 Å². The summed E-state index contributed by atoms with van der Waals surface area (Å²) in [5.74, 6) is 2.47. The van der Waals surface area contributed by atoms with E-state index in [0.29, 0.717) is 99.4 Å². The van der Waals surface area contributed by atoms with Crippen molar-refractivity contribution in [3.05, 3.63) is 165 Å². The van der Waals surface area contributed by atoms with E-state index in [0.717, 1.165) is 70.2 Å². The molecule has 1 saturated carbocycles. The molecule has 14 nitrogen and oxygen atoms in total. The molecular weight excluding hydrogens is 941 g/mol. The van der Waals surface area contributed by atoms with E-state index in [9.17, 15) is 20.4 Å². The first-order valence-electron chi connectivity index (χ1n) is 25.7. The molecule has 10 rings (SSSR count). The summed E-state index contributed by atoms with van der Waals surface area (Å²) >= 11 is 0. The third kappa shape index (κ3) is 13.5. The molecule has 4 N–H and O–H groups in total. The number of phenols is 4. The number of nitrogens with zero attached hydrogens (tertiary/aromatic N) is 2. The molecule has 2 unspecified atom stereocenters. The lowest BCUT2D eigenvalue weighted by Gasteiger charge is -2.25. The topological polar surface area (TPSA) is 179 Å². The predicted molar refractivity (Wildman–Crippen MR) is 283 cm³/mol. The first-order chi connectivity index (χ1) is 36.4. The Morgan fingerprint density at radius 1 is 0.324 bits per heavy atom. The molecule has 14 heteroatoms. The Labute approximate surface area is 432 Å². The number of aliphatic imine (C=N–C) groups is 2. The Bertz CT molecular complexity index is 2590. The van der Waals surface area contributed by atoms with Crippen molar-refractivity contribution >= 4 is 12.4 Å². The van der Waals surface area contributed by atoms with Crippen LogP contribution in [0.4, 0.5) is 0 Å². The average molecular weight is 1010 g/mol. The zero-order chi connectivity index (χ0) is 50.9. The molecule has 1 fully saturated rings. The molecule has 0 aromatic heterocycles. The molecule has 2 atom stereocenters. The summed E-state index contributed by atoms with van der Waals surface area (Å²) in [6.45, 7) is 3.50. The summed E-state index contributed by atoms with van der Waals surface area (Å²) in [4.78, 5) is 9.76. The fraction of sp³-hybridized carbons (Fsp3) is 0.367. The molecule has 14 bridgehead atoms. The van der Waals surface area contributed by atoms with Gasteiger partial charge in [0.05, 0.1) is 64.9 Å². The van der Waals surface area contributed by atoms with Crippen LogP contribution in [0.25, 0.3) is 0 Å². The summed E-state index contributed by atoms with van der Waals surface area (Å²) < 4.78 is 48.4. The van der Waals surface area contributed by atoms with E-state index in [1.807, 2.05) is 84.9 Å². The van der Waals surface area contributed by atoms with Gasteiger partial charge in [-0.3, -0.25) is 9.98 Å². The Hall–Kier alpha value is -7.10. The molecule has 0 spiro atoms. The predicted octanol–water partition coefficient (Wildman–Crippen LogP) is 9.33. The van der Waals surface area contributed by atoms with E-state index in [4.69, 9.17) is 47.9 Å². The third-order valence-corrected chi connectivity index (χ3v) is 13.5. The van der Waals surface area contributed by atoms with Gasteiger partial charge in [0.2, 0.25) is 0 Å². The lowest BCUT2D eigenvalue weighted by Crippen LogP contribution is -2.27. The van der Waals surface area contributed by atoms with Crippen molar-refractivity contribution in [1.29, 1.82) is 0 Å². The van der Waals surface area contributed by atoms with Crippen LogP contribution in [0.3, 0.4) is 0 Å². The van der Waals surface area contributed by atoms with Crippen molar-refractivity contribution in [3.63, 3.8) is 0 Å². The van der Waals surface area contributed by atoms with Crippen molar-refractivity contribution < 1.29 is 58.3 Å².